The molecule has 2 unspecified atom stereocenters. The lowest BCUT2D eigenvalue weighted by Gasteiger charge is -2.16. The Balaban J connectivity index is 1.76. The van der Waals surface area contributed by atoms with Gasteiger partial charge in [-0.3, -0.25) is 4.99 Å². The molecule has 3 N–H and O–H groups in total. The molecule has 0 aromatic heterocycles. The molecule has 1 aromatic rings. The van der Waals surface area contributed by atoms with Crippen molar-refractivity contribution in [2.75, 3.05) is 32.8 Å². The second-order valence-electron chi connectivity index (χ2n) is 6.22. The molecule has 2 rings (SSSR count). The number of aliphatic imine (C=N–C) groups is 1. The van der Waals surface area contributed by atoms with Gasteiger partial charge in [0.05, 0.1) is 18.2 Å². The zero-order valence-corrected chi connectivity index (χ0v) is 15.3. The summed E-state index contributed by atoms with van der Waals surface area (Å²) in [5.41, 5.74) is -0.743. The number of guanidine groups is 1. The van der Waals surface area contributed by atoms with Crippen LogP contribution in [-0.2, 0) is 10.9 Å². The average Bonchev–Trinajstić information content (AvgIpc) is 3.15. The Morgan fingerprint density at radius 2 is 2.07 bits per heavy atom. The molecular weight excluding hydrogens is 363 g/mol. The van der Waals surface area contributed by atoms with Gasteiger partial charge in [-0.15, -0.1) is 0 Å². The molecule has 0 saturated carbocycles. The number of nitrogens with zero attached hydrogens (tertiary/aromatic N) is 1. The number of hydrogen-bond acceptors (Lipinski definition) is 4. The fourth-order valence-electron chi connectivity index (χ4n) is 2.54. The molecular formula is C18H26F3N3O3. The molecule has 1 saturated heterocycles. The predicted octanol–water partition coefficient (Wildman–Crippen LogP) is 2.18. The molecule has 6 nitrogen and oxygen atoms in total. The summed E-state index contributed by atoms with van der Waals surface area (Å²) >= 11 is 0. The molecule has 0 amide bonds. The van der Waals surface area contributed by atoms with E-state index in [2.05, 4.69) is 15.6 Å². The number of halogens is 3. The van der Waals surface area contributed by atoms with Gasteiger partial charge in [0.15, 0.2) is 5.96 Å². The van der Waals surface area contributed by atoms with Gasteiger partial charge in [-0.05, 0) is 44.0 Å². The minimum atomic E-state index is -4.38. The molecule has 0 spiro atoms. The number of benzene rings is 1. The van der Waals surface area contributed by atoms with Crippen LogP contribution in [0, 0.1) is 0 Å². The van der Waals surface area contributed by atoms with Gasteiger partial charge in [-0.2, -0.15) is 13.2 Å². The van der Waals surface area contributed by atoms with Gasteiger partial charge in [0.1, 0.15) is 18.5 Å². The third-order valence-electron chi connectivity index (χ3n) is 3.95. The van der Waals surface area contributed by atoms with Crippen molar-refractivity contribution >= 4 is 5.96 Å². The number of hydrogen-bond donors (Lipinski definition) is 3. The van der Waals surface area contributed by atoms with Crippen LogP contribution in [0.4, 0.5) is 13.2 Å². The van der Waals surface area contributed by atoms with Crippen molar-refractivity contribution in [3.05, 3.63) is 29.8 Å². The zero-order valence-electron chi connectivity index (χ0n) is 15.3. The maximum absolute atomic E-state index is 12.5. The van der Waals surface area contributed by atoms with Gasteiger partial charge >= 0.3 is 6.18 Å². The van der Waals surface area contributed by atoms with Crippen LogP contribution in [-0.4, -0.2) is 56.1 Å². The summed E-state index contributed by atoms with van der Waals surface area (Å²) < 4.78 is 48.4. The first-order valence-electron chi connectivity index (χ1n) is 9.00. The molecule has 152 valence electrons. The second-order valence-corrected chi connectivity index (χ2v) is 6.22. The Morgan fingerprint density at radius 3 is 2.67 bits per heavy atom. The van der Waals surface area contributed by atoms with Crippen molar-refractivity contribution in [1.82, 2.24) is 10.6 Å². The number of aliphatic hydroxyl groups excluding tert-OH is 1. The summed E-state index contributed by atoms with van der Waals surface area (Å²) in [4.78, 5) is 4.29. The van der Waals surface area contributed by atoms with Crippen LogP contribution in [0.1, 0.15) is 25.3 Å². The quantitative estimate of drug-likeness (QED) is 0.469. The Morgan fingerprint density at radius 1 is 1.33 bits per heavy atom. The van der Waals surface area contributed by atoms with Crippen LogP contribution in [0.5, 0.6) is 5.75 Å². The summed E-state index contributed by atoms with van der Waals surface area (Å²) in [6, 6.07) is 4.34. The number of aliphatic hydroxyl groups is 1. The monoisotopic (exact) mass is 389 g/mol. The summed E-state index contributed by atoms with van der Waals surface area (Å²) in [6.07, 6.45) is -3.03. The highest BCUT2D eigenvalue weighted by molar-refractivity contribution is 5.79. The molecule has 1 heterocycles. The molecule has 1 aliphatic heterocycles. The zero-order chi connectivity index (χ0) is 19.7. The molecule has 2 atom stereocenters. The van der Waals surface area contributed by atoms with E-state index in [0.717, 1.165) is 31.6 Å². The van der Waals surface area contributed by atoms with Crippen LogP contribution < -0.4 is 15.4 Å². The van der Waals surface area contributed by atoms with E-state index in [1.165, 1.54) is 12.1 Å². The van der Waals surface area contributed by atoms with Crippen molar-refractivity contribution in [1.29, 1.82) is 0 Å². The number of ether oxygens (including phenoxy) is 2. The lowest BCUT2D eigenvalue weighted by Crippen LogP contribution is -2.41. The molecule has 1 aliphatic rings. The second kappa shape index (κ2) is 10.4. The normalized spacial score (nSPS) is 19.0. The largest absolute Gasteiger partial charge is 0.491 e. The average molecular weight is 389 g/mol. The molecule has 1 aromatic carbocycles. The predicted molar refractivity (Wildman–Crippen MR) is 95.9 cm³/mol. The summed E-state index contributed by atoms with van der Waals surface area (Å²) in [5.74, 6) is 0.830. The van der Waals surface area contributed by atoms with E-state index >= 15 is 0 Å². The van der Waals surface area contributed by atoms with E-state index in [-0.39, 0.29) is 25.0 Å². The van der Waals surface area contributed by atoms with E-state index in [0.29, 0.717) is 19.0 Å². The van der Waals surface area contributed by atoms with Crippen molar-refractivity contribution in [3.8, 4) is 5.75 Å². The summed E-state index contributed by atoms with van der Waals surface area (Å²) in [5, 5.41) is 16.2. The lowest BCUT2D eigenvalue weighted by molar-refractivity contribution is -0.137. The Labute approximate surface area is 156 Å². The SMILES string of the molecule is CCNC(=NCC(O)COc1ccc(C(F)(F)F)cc1)NCC1CCCO1. The topological polar surface area (TPSA) is 75.1 Å². The van der Waals surface area contributed by atoms with E-state index < -0.39 is 17.8 Å². The molecule has 27 heavy (non-hydrogen) atoms. The highest BCUT2D eigenvalue weighted by atomic mass is 19.4. The van der Waals surface area contributed by atoms with Crippen LogP contribution >= 0.6 is 0 Å². The standard InChI is InChI=1S/C18H26F3N3O3/c1-2-22-17(24-11-16-4-3-9-26-16)23-10-14(25)12-27-15-7-5-13(6-8-15)18(19,20)21/h5-8,14,16,25H,2-4,9-12H2,1H3,(H2,22,23,24). The van der Waals surface area contributed by atoms with Gasteiger partial charge in [0.2, 0.25) is 0 Å². The third kappa shape index (κ3) is 7.64. The van der Waals surface area contributed by atoms with Gasteiger partial charge in [0, 0.05) is 19.7 Å². The Bertz CT molecular complexity index is 588. The number of rotatable bonds is 8. The smallest absolute Gasteiger partial charge is 0.416 e. The van der Waals surface area contributed by atoms with Crippen molar-refractivity contribution in [2.45, 2.75) is 38.1 Å². The Kier molecular flexibility index (Phi) is 8.18. The van der Waals surface area contributed by atoms with Gasteiger partial charge in [0.25, 0.3) is 0 Å². The summed E-state index contributed by atoms with van der Waals surface area (Å²) in [6.45, 7) is 4.06. The van der Waals surface area contributed by atoms with Crippen LogP contribution in [0.15, 0.2) is 29.3 Å². The van der Waals surface area contributed by atoms with Gasteiger partial charge in [-0.25, -0.2) is 0 Å². The fraction of sp³-hybridized carbons (Fsp3) is 0.611. The lowest BCUT2D eigenvalue weighted by atomic mass is 10.2. The van der Waals surface area contributed by atoms with E-state index in [1.54, 1.807) is 0 Å². The summed E-state index contributed by atoms with van der Waals surface area (Å²) in [7, 11) is 0. The minimum Gasteiger partial charge on any atom is -0.491 e. The molecule has 9 heteroatoms. The minimum absolute atomic E-state index is 0.0694. The van der Waals surface area contributed by atoms with E-state index in [1.807, 2.05) is 6.92 Å². The number of alkyl halides is 3. The van der Waals surface area contributed by atoms with Gasteiger partial charge in [-0.1, -0.05) is 0 Å². The maximum atomic E-state index is 12.5. The van der Waals surface area contributed by atoms with Crippen molar-refractivity contribution in [2.24, 2.45) is 4.99 Å². The van der Waals surface area contributed by atoms with E-state index in [9.17, 15) is 18.3 Å². The highest BCUT2D eigenvalue weighted by Gasteiger charge is 2.30. The highest BCUT2D eigenvalue weighted by Crippen LogP contribution is 2.30. The fourth-order valence-corrected chi connectivity index (χ4v) is 2.54. The van der Waals surface area contributed by atoms with Crippen LogP contribution in [0.3, 0.4) is 0 Å². The first kappa shape index (κ1) is 21.3. The maximum Gasteiger partial charge on any atom is 0.416 e. The van der Waals surface area contributed by atoms with Crippen LogP contribution in [0.25, 0.3) is 0 Å². The van der Waals surface area contributed by atoms with Crippen molar-refractivity contribution in [3.63, 3.8) is 0 Å². The third-order valence-corrected chi connectivity index (χ3v) is 3.95. The molecule has 1 fully saturated rings. The van der Waals surface area contributed by atoms with Crippen LogP contribution in [0.2, 0.25) is 0 Å². The molecule has 0 radical (unpaired) electrons. The first-order valence-corrected chi connectivity index (χ1v) is 9.00. The first-order chi connectivity index (χ1) is 12.9. The number of nitrogens with one attached hydrogen (secondary N) is 2. The van der Waals surface area contributed by atoms with Crippen molar-refractivity contribution < 1.29 is 27.8 Å². The molecule has 0 bridgehead atoms. The van der Waals surface area contributed by atoms with E-state index in [4.69, 9.17) is 9.47 Å². The Hall–Kier alpha value is -2.00. The van der Waals surface area contributed by atoms with Gasteiger partial charge < -0.3 is 25.2 Å². The molecule has 0 aliphatic carbocycles.